The molecule has 0 aromatic carbocycles. The molecule has 0 amide bonds. The number of aryl methyl sites for hydroxylation is 1. The van der Waals surface area contributed by atoms with Crippen molar-refractivity contribution in [3.8, 4) is 0 Å². The van der Waals surface area contributed by atoms with Gasteiger partial charge in [-0.2, -0.15) is 0 Å². The molecule has 1 aromatic rings. The van der Waals surface area contributed by atoms with E-state index in [0.29, 0.717) is 0 Å². The van der Waals surface area contributed by atoms with Crippen molar-refractivity contribution < 1.29 is 10.2 Å². The summed E-state index contributed by atoms with van der Waals surface area (Å²) in [6.07, 6.45) is 0.430. The van der Waals surface area contributed by atoms with Gasteiger partial charge in [0.1, 0.15) is 5.82 Å². The first kappa shape index (κ1) is 12.9. The fraction of sp³-hybridized carbons (Fsp3) is 0.583. The second-order valence-electron chi connectivity index (χ2n) is 4.13. The molecule has 0 fully saturated rings. The normalized spacial score (nSPS) is 12.6. The summed E-state index contributed by atoms with van der Waals surface area (Å²) >= 11 is 0. The van der Waals surface area contributed by atoms with E-state index in [1.165, 1.54) is 0 Å². The average Bonchev–Trinajstić information content (AvgIpc) is 2.25. The predicted octanol–water partition coefficient (Wildman–Crippen LogP) is 1.09. The standard InChI is InChI=1S/C12H20N2O2/c1-9(16)6-7-14(3)12-5-4-11(8-15)10(2)13-12/h4-5,9,15-16H,6-8H2,1-3H3. The Kier molecular flexibility index (Phi) is 4.71. The van der Waals surface area contributed by atoms with E-state index in [1.54, 1.807) is 6.92 Å². The highest BCUT2D eigenvalue weighted by Gasteiger charge is 2.06. The van der Waals surface area contributed by atoms with Crippen molar-refractivity contribution in [1.29, 1.82) is 0 Å². The van der Waals surface area contributed by atoms with Crippen LogP contribution in [0.3, 0.4) is 0 Å². The van der Waals surface area contributed by atoms with Crippen LogP contribution >= 0.6 is 0 Å². The highest BCUT2D eigenvalue weighted by molar-refractivity contribution is 5.40. The zero-order valence-electron chi connectivity index (χ0n) is 10.1. The van der Waals surface area contributed by atoms with E-state index in [4.69, 9.17) is 5.11 Å². The molecule has 1 atom stereocenters. The summed E-state index contributed by atoms with van der Waals surface area (Å²) in [5, 5.41) is 18.2. The third-order valence-electron chi connectivity index (χ3n) is 2.62. The minimum Gasteiger partial charge on any atom is -0.393 e. The number of aliphatic hydroxyl groups is 2. The van der Waals surface area contributed by atoms with Crippen LogP contribution in [0.25, 0.3) is 0 Å². The number of pyridine rings is 1. The van der Waals surface area contributed by atoms with Gasteiger partial charge in [0, 0.05) is 19.3 Å². The van der Waals surface area contributed by atoms with E-state index < -0.39 is 0 Å². The van der Waals surface area contributed by atoms with Crippen molar-refractivity contribution in [2.75, 3.05) is 18.5 Å². The molecule has 0 aliphatic rings. The Morgan fingerprint density at radius 3 is 2.62 bits per heavy atom. The fourth-order valence-corrected chi connectivity index (χ4v) is 1.45. The maximum atomic E-state index is 9.20. The molecule has 4 heteroatoms. The lowest BCUT2D eigenvalue weighted by atomic mass is 10.2. The Labute approximate surface area is 96.6 Å². The molecule has 2 N–H and O–H groups in total. The zero-order chi connectivity index (χ0) is 12.1. The molecule has 4 nitrogen and oxygen atoms in total. The molecule has 0 aliphatic heterocycles. The second-order valence-corrected chi connectivity index (χ2v) is 4.13. The lowest BCUT2D eigenvalue weighted by Gasteiger charge is -2.19. The SMILES string of the molecule is Cc1nc(N(C)CCC(C)O)ccc1CO. The molecule has 1 aromatic heterocycles. The van der Waals surface area contributed by atoms with Gasteiger partial charge >= 0.3 is 0 Å². The minimum atomic E-state index is -0.291. The van der Waals surface area contributed by atoms with E-state index >= 15 is 0 Å². The van der Waals surface area contributed by atoms with Crippen molar-refractivity contribution in [1.82, 2.24) is 4.98 Å². The van der Waals surface area contributed by atoms with Crippen LogP contribution in [0, 0.1) is 6.92 Å². The molecule has 0 spiro atoms. The van der Waals surface area contributed by atoms with Crippen molar-refractivity contribution in [3.63, 3.8) is 0 Å². The summed E-state index contributed by atoms with van der Waals surface area (Å²) in [6, 6.07) is 3.77. The summed E-state index contributed by atoms with van der Waals surface area (Å²) in [4.78, 5) is 6.41. The van der Waals surface area contributed by atoms with Crippen LogP contribution in [-0.2, 0) is 6.61 Å². The van der Waals surface area contributed by atoms with Crippen molar-refractivity contribution in [2.24, 2.45) is 0 Å². The van der Waals surface area contributed by atoms with Crippen LogP contribution in [-0.4, -0.2) is 34.9 Å². The Bertz CT molecular complexity index is 340. The van der Waals surface area contributed by atoms with Crippen LogP contribution in [0.15, 0.2) is 12.1 Å². The number of anilines is 1. The first-order valence-corrected chi connectivity index (χ1v) is 5.51. The molecule has 1 rings (SSSR count). The van der Waals surface area contributed by atoms with E-state index in [1.807, 2.05) is 31.0 Å². The molecular weight excluding hydrogens is 204 g/mol. The predicted molar refractivity (Wildman–Crippen MR) is 64.5 cm³/mol. The van der Waals surface area contributed by atoms with E-state index in [0.717, 1.165) is 30.0 Å². The largest absolute Gasteiger partial charge is 0.393 e. The van der Waals surface area contributed by atoms with Gasteiger partial charge in [-0.3, -0.25) is 0 Å². The number of nitrogens with zero attached hydrogens (tertiary/aromatic N) is 2. The summed E-state index contributed by atoms with van der Waals surface area (Å²) in [5.74, 6) is 0.871. The molecule has 1 unspecified atom stereocenters. The van der Waals surface area contributed by atoms with Gasteiger partial charge in [0.05, 0.1) is 12.7 Å². The topological polar surface area (TPSA) is 56.6 Å². The lowest BCUT2D eigenvalue weighted by molar-refractivity contribution is 0.187. The highest BCUT2D eigenvalue weighted by atomic mass is 16.3. The van der Waals surface area contributed by atoms with Crippen molar-refractivity contribution in [2.45, 2.75) is 33.0 Å². The van der Waals surface area contributed by atoms with Gasteiger partial charge in [-0.15, -0.1) is 0 Å². The Hall–Kier alpha value is -1.13. The quantitative estimate of drug-likeness (QED) is 0.786. The van der Waals surface area contributed by atoms with Gasteiger partial charge in [0.25, 0.3) is 0 Å². The fourth-order valence-electron chi connectivity index (χ4n) is 1.45. The summed E-state index contributed by atoms with van der Waals surface area (Å²) < 4.78 is 0. The molecule has 0 radical (unpaired) electrons. The van der Waals surface area contributed by atoms with Gasteiger partial charge < -0.3 is 15.1 Å². The summed E-state index contributed by atoms with van der Waals surface area (Å²) in [7, 11) is 1.95. The van der Waals surface area contributed by atoms with Crippen molar-refractivity contribution in [3.05, 3.63) is 23.4 Å². The summed E-state index contributed by atoms with van der Waals surface area (Å²) in [6.45, 7) is 4.46. The molecule has 0 bridgehead atoms. The third-order valence-corrected chi connectivity index (χ3v) is 2.62. The lowest BCUT2D eigenvalue weighted by Crippen LogP contribution is -2.23. The maximum Gasteiger partial charge on any atom is 0.128 e. The zero-order valence-corrected chi connectivity index (χ0v) is 10.1. The van der Waals surface area contributed by atoms with Gasteiger partial charge in [-0.1, -0.05) is 6.07 Å². The number of hydrogen-bond donors (Lipinski definition) is 2. The first-order valence-electron chi connectivity index (χ1n) is 5.51. The number of aliphatic hydroxyl groups excluding tert-OH is 2. The number of aromatic nitrogens is 1. The molecule has 90 valence electrons. The van der Waals surface area contributed by atoms with E-state index in [9.17, 15) is 5.11 Å². The van der Waals surface area contributed by atoms with Crippen molar-refractivity contribution >= 4 is 5.82 Å². The van der Waals surface area contributed by atoms with Gasteiger partial charge in [0.2, 0.25) is 0 Å². The number of rotatable bonds is 5. The maximum absolute atomic E-state index is 9.20. The minimum absolute atomic E-state index is 0.0243. The van der Waals surface area contributed by atoms with Crippen LogP contribution < -0.4 is 4.90 Å². The second kappa shape index (κ2) is 5.82. The molecular formula is C12H20N2O2. The third kappa shape index (κ3) is 3.47. The monoisotopic (exact) mass is 224 g/mol. The van der Waals surface area contributed by atoms with E-state index in [-0.39, 0.29) is 12.7 Å². The Morgan fingerprint density at radius 1 is 1.44 bits per heavy atom. The molecule has 0 saturated heterocycles. The van der Waals surface area contributed by atoms with E-state index in [2.05, 4.69) is 4.98 Å². The molecule has 0 aliphatic carbocycles. The van der Waals surface area contributed by atoms with Gasteiger partial charge in [0.15, 0.2) is 0 Å². The van der Waals surface area contributed by atoms with Crippen LogP contribution in [0.4, 0.5) is 5.82 Å². The first-order chi connectivity index (χ1) is 7.54. The molecule has 0 saturated carbocycles. The van der Waals surface area contributed by atoms with Gasteiger partial charge in [-0.25, -0.2) is 4.98 Å². The smallest absolute Gasteiger partial charge is 0.128 e. The van der Waals surface area contributed by atoms with Crippen LogP contribution in [0.5, 0.6) is 0 Å². The average molecular weight is 224 g/mol. The number of hydrogen-bond acceptors (Lipinski definition) is 4. The summed E-state index contributed by atoms with van der Waals surface area (Å²) in [5.41, 5.74) is 1.71. The van der Waals surface area contributed by atoms with Gasteiger partial charge in [-0.05, 0) is 31.9 Å². The molecule has 16 heavy (non-hydrogen) atoms. The Morgan fingerprint density at radius 2 is 2.12 bits per heavy atom. The Balaban J connectivity index is 2.69. The molecule has 1 heterocycles. The van der Waals surface area contributed by atoms with Crippen LogP contribution in [0.2, 0.25) is 0 Å². The van der Waals surface area contributed by atoms with Crippen LogP contribution in [0.1, 0.15) is 24.6 Å². The highest BCUT2D eigenvalue weighted by Crippen LogP contribution is 2.14.